The van der Waals surface area contributed by atoms with Gasteiger partial charge in [0.25, 0.3) is 0 Å². The fourth-order valence-corrected chi connectivity index (χ4v) is 0.910. The molecule has 0 heterocycles. The number of rotatable bonds is 4. The monoisotopic (exact) mass is 201 g/mol. The van der Waals surface area contributed by atoms with Gasteiger partial charge in [-0.3, -0.25) is 9.59 Å². The second kappa shape index (κ2) is 4.44. The zero-order valence-electron chi connectivity index (χ0n) is 9.50. The third-order valence-electron chi connectivity index (χ3n) is 2.76. The lowest BCUT2D eigenvalue weighted by Gasteiger charge is -2.27. The topological polar surface area (TPSA) is 57.6 Å². The van der Waals surface area contributed by atoms with Gasteiger partial charge >= 0.3 is 5.97 Å². The van der Waals surface area contributed by atoms with E-state index in [-0.39, 0.29) is 18.2 Å². The van der Waals surface area contributed by atoms with E-state index in [0.717, 1.165) is 0 Å². The molecule has 0 aromatic carbocycles. The molecule has 4 nitrogen and oxygen atoms in total. The van der Waals surface area contributed by atoms with Crippen molar-refractivity contribution in [3.63, 3.8) is 0 Å². The Kier molecular flexibility index (Phi) is 4.10. The van der Waals surface area contributed by atoms with Crippen LogP contribution in [0.5, 0.6) is 0 Å². The highest BCUT2D eigenvalue weighted by Crippen LogP contribution is 2.29. The summed E-state index contributed by atoms with van der Waals surface area (Å²) in [7, 11) is 3.34. The Morgan fingerprint density at radius 1 is 1.36 bits per heavy atom. The Morgan fingerprint density at radius 2 is 1.79 bits per heavy atom. The molecule has 0 aliphatic heterocycles. The molecule has 0 radical (unpaired) electrons. The van der Waals surface area contributed by atoms with Crippen LogP contribution in [0.4, 0.5) is 0 Å². The van der Waals surface area contributed by atoms with Gasteiger partial charge in [0.2, 0.25) is 5.91 Å². The van der Waals surface area contributed by atoms with Crippen molar-refractivity contribution in [2.75, 3.05) is 14.1 Å². The summed E-state index contributed by atoms with van der Waals surface area (Å²) in [6, 6.07) is 0. The van der Waals surface area contributed by atoms with Gasteiger partial charge in [0.05, 0.1) is 5.41 Å². The molecular weight excluding hydrogens is 182 g/mol. The molecule has 82 valence electrons. The van der Waals surface area contributed by atoms with Crippen molar-refractivity contribution in [2.45, 2.75) is 27.2 Å². The number of nitrogens with zero attached hydrogens (tertiary/aromatic N) is 1. The van der Waals surface area contributed by atoms with Gasteiger partial charge in [-0.1, -0.05) is 6.92 Å². The molecule has 0 aliphatic rings. The minimum Gasteiger partial charge on any atom is -0.481 e. The summed E-state index contributed by atoms with van der Waals surface area (Å²) in [6.45, 7) is 5.07. The minimum absolute atomic E-state index is 0.0353. The molecule has 1 atom stereocenters. The third kappa shape index (κ3) is 3.01. The Hall–Kier alpha value is -1.06. The Bertz CT molecular complexity index is 234. The smallest absolute Gasteiger partial charge is 0.309 e. The molecule has 0 rings (SSSR count). The van der Waals surface area contributed by atoms with Crippen molar-refractivity contribution in [1.82, 2.24) is 4.90 Å². The van der Waals surface area contributed by atoms with Crippen LogP contribution in [-0.4, -0.2) is 36.0 Å². The number of carboxylic acid groups (broad SMARTS) is 1. The van der Waals surface area contributed by atoms with Crippen molar-refractivity contribution in [2.24, 2.45) is 11.3 Å². The van der Waals surface area contributed by atoms with Gasteiger partial charge in [0.15, 0.2) is 0 Å². The molecular formula is C10H19NO3. The van der Waals surface area contributed by atoms with Crippen LogP contribution in [0, 0.1) is 11.3 Å². The fourth-order valence-electron chi connectivity index (χ4n) is 0.910. The first-order valence-electron chi connectivity index (χ1n) is 4.63. The zero-order chi connectivity index (χ0) is 11.5. The molecule has 0 spiro atoms. The molecule has 4 heteroatoms. The van der Waals surface area contributed by atoms with E-state index in [2.05, 4.69) is 0 Å². The van der Waals surface area contributed by atoms with E-state index in [9.17, 15) is 9.59 Å². The first-order valence-corrected chi connectivity index (χ1v) is 4.63. The van der Waals surface area contributed by atoms with Crippen molar-refractivity contribution in [3.8, 4) is 0 Å². The van der Waals surface area contributed by atoms with E-state index in [1.54, 1.807) is 34.9 Å². The van der Waals surface area contributed by atoms with Crippen LogP contribution >= 0.6 is 0 Å². The van der Waals surface area contributed by atoms with Gasteiger partial charge in [-0.05, 0) is 19.8 Å². The highest BCUT2D eigenvalue weighted by molar-refractivity contribution is 5.78. The molecule has 0 aromatic heterocycles. The van der Waals surface area contributed by atoms with Crippen molar-refractivity contribution < 1.29 is 14.7 Å². The van der Waals surface area contributed by atoms with E-state index in [0.29, 0.717) is 0 Å². The fraction of sp³-hybridized carbons (Fsp3) is 0.800. The number of amides is 1. The summed E-state index contributed by atoms with van der Waals surface area (Å²) >= 11 is 0. The summed E-state index contributed by atoms with van der Waals surface area (Å²) in [5.74, 6) is -1.07. The first-order chi connectivity index (χ1) is 6.19. The standard InChI is InChI=1S/C10H19NO3/c1-7(6-8(12)11(4)5)10(2,3)9(13)14/h7H,6H2,1-5H3,(H,13,14). The molecule has 14 heavy (non-hydrogen) atoms. The summed E-state index contributed by atoms with van der Waals surface area (Å²) in [5, 5.41) is 8.94. The van der Waals surface area contributed by atoms with Gasteiger partial charge in [-0.2, -0.15) is 0 Å². The normalized spacial score (nSPS) is 13.5. The van der Waals surface area contributed by atoms with Crippen molar-refractivity contribution in [1.29, 1.82) is 0 Å². The average molecular weight is 201 g/mol. The second-order valence-corrected chi connectivity index (χ2v) is 4.42. The predicted molar refractivity (Wildman–Crippen MR) is 53.9 cm³/mol. The first kappa shape index (κ1) is 12.9. The maximum Gasteiger partial charge on any atom is 0.309 e. The summed E-state index contributed by atoms with van der Waals surface area (Å²) in [4.78, 5) is 23.7. The van der Waals surface area contributed by atoms with Gasteiger partial charge in [-0.25, -0.2) is 0 Å². The lowest BCUT2D eigenvalue weighted by atomic mass is 9.78. The van der Waals surface area contributed by atoms with Gasteiger partial charge in [0, 0.05) is 20.5 Å². The Morgan fingerprint density at radius 3 is 2.07 bits per heavy atom. The van der Waals surface area contributed by atoms with Crippen LogP contribution in [0.2, 0.25) is 0 Å². The quantitative estimate of drug-likeness (QED) is 0.743. The number of carboxylic acids is 1. The summed E-state index contributed by atoms with van der Waals surface area (Å²) in [6.07, 6.45) is 0.270. The largest absolute Gasteiger partial charge is 0.481 e. The third-order valence-corrected chi connectivity index (χ3v) is 2.76. The number of hydrogen-bond acceptors (Lipinski definition) is 2. The maximum absolute atomic E-state index is 11.4. The van der Waals surface area contributed by atoms with Crippen molar-refractivity contribution >= 4 is 11.9 Å². The van der Waals surface area contributed by atoms with Crippen LogP contribution in [0.3, 0.4) is 0 Å². The summed E-state index contributed by atoms with van der Waals surface area (Å²) in [5.41, 5.74) is -0.855. The van der Waals surface area contributed by atoms with E-state index in [1.807, 2.05) is 0 Å². The van der Waals surface area contributed by atoms with E-state index < -0.39 is 11.4 Å². The van der Waals surface area contributed by atoms with Gasteiger partial charge in [-0.15, -0.1) is 0 Å². The molecule has 0 fully saturated rings. The Balaban J connectivity index is 4.42. The SMILES string of the molecule is CC(CC(=O)N(C)C)C(C)(C)C(=O)O. The summed E-state index contributed by atoms with van der Waals surface area (Å²) < 4.78 is 0. The molecule has 0 saturated heterocycles. The molecule has 1 amide bonds. The number of carbonyl (C=O) groups is 2. The van der Waals surface area contributed by atoms with E-state index in [4.69, 9.17) is 5.11 Å². The predicted octanol–water partition coefficient (Wildman–Crippen LogP) is 1.21. The Labute approximate surface area is 84.9 Å². The molecule has 0 aliphatic carbocycles. The molecule has 0 bridgehead atoms. The van der Waals surface area contributed by atoms with E-state index in [1.165, 1.54) is 4.90 Å². The van der Waals surface area contributed by atoms with E-state index >= 15 is 0 Å². The number of hydrogen-bond donors (Lipinski definition) is 1. The number of aliphatic carboxylic acids is 1. The molecule has 0 saturated carbocycles. The minimum atomic E-state index is -0.864. The highest BCUT2D eigenvalue weighted by Gasteiger charge is 2.35. The highest BCUT2D eigenvalue weighted by atomic mass is 16.4. The van der Waals surface area contributed by atoms with Gasteiger partial charge < -0.3 is 10.0 Å². The molecule has 0 aromatic rings. The van der Waals surface area contributed by atoms with Crippen LogP contribution < -0.4 is 0 Å². The molecule has 1 N–H and O–H groups in total. The van der Waals surface area contributed by atoms with Crippen LogP contribution in [0.15, 0.2) is 0 Å². The molecule has 1 unspecified atom stereocenters. The van der Waals surface area contributed by atoms with Crippen LogP contribution in [-0.2, 0) is 9.59 Å². The lowest BCUT2D eigenvalue weighted by Crippen LogP contribution is -2.35. The average Bonchev–Trinajstić information content (AvgIpc) is 2.03. The number of carbonyl (C=O) groups excluding carboxylic acids is 1. The van der Waals surface area contributed by atoms with Crippen molar-refractivity contribution in [3.05, 3.63) is 0 Å². The van der Waals surface area contributed by atoms with Crippen LogP contribution in [0.25, 0.3) is 0 Å². The zero-order valence-corrected chi connectivity index (χ0v) is 9.50. The second-order valence-electron chi connectivity index (χ2n) is 4.42. The van der Waals surface area contributed by atoms with Gasteiger partial charge in [0.1, 0.15) is 0 Å². The lowest BCUT2D eigenvalue weighted by molar-refractivity contribution is -0.150. The van der Waals surface area contributed by atoms with Crippen LogP contribution in [0.1, 0.15) is 27.2 Å². The maximum atomic E-state index is 11.4.